The summed E-state index contributed by atoms with van der Waals surface area (Å²) in [5, 5.41) is 3.80. The molecule has 24 heavy (non-hydrogen) atoms. The highest BCUT2D eigenvalue weighted by atomic mass is 35.5. The summed E-state index contributed by atoms with van der Waals surface area (Å²) >= 11 is 13.3. The molecule has 0 saturated carbocycles. The Balaban J connectivity index is 1.69. The Morgan fingerprint density at radius 3 is 2.38 bits per heavy atom. The second-order valence-corrected chi connectivity index (χ2v) is 6.58. The van der Waals surface area contributed by atoms with Crippen LogP contribution in [0.3, 0.4) is 0 Å². The van der Waals surface area contributed by atoms with Gasteiger partial charge in [0.1, 0.15) is 0 Å². The van der Waals surface area contributed by atoms with Gasteiger partial charge in [0, 0.05) is 16.5 Å². The quantitative estimate of drug-likeness (QED) is 0.580. The minimum Gasteiger partial charge on any atom is -0.455 e. The van der Waals surface area contributed by atoms with Gasteiger partial charge < -0.3 is 10.1 Å². The SMILES string of the molecule is O=C(COC(=O)CSc1ccccc1Cl)NCc1ccccc1Cl. The average molecular weight is 384 g/mol. The Morgan fingerprint density at radius 1 is 1.00 bits per heavy atom. The lowest BCUT2D eigenvalue weighted by Crippen LogP contribution is -2.28. The molecule has 0 aliphatic heterocycles. The lowest BCUT2D eigenvalue weighted by atomic mass is 10.2. The highest BCUT2D eigenvalue weighted by Gasteiger charge is 2.10. The van der Waals surface area contributed by atoms with Crippen LogP contribution in [-0.2, 0) is 20.9 Å². The zero-order chi connectivity index (χ0) is 17.4. The van der Waals surface area contributed by atoms with Crippen LogP contribution in [0.1, 0.15) is 5.56 Å². The van der Waals surface area contributed by atoms with Crippen molar-refractivity contribution in [2.45, 2.75) is 11.4 Å². The number of rotatable bonds is 7. The molecule has 2 aromatic carbocycles. The number of esters is 1. The van der Waals surface area contributed by atoms with E-state index in [1.165, 1.54) is 11.8 Å². The molecule has 7 heteroatoms. The summed E-state index contributed by atoms with van der Waals surface area (Å²) in [4.78, 5) is 24.2. The monoisotopic (exact) mass is 383 g/mol. The molecule has 0 aliphatic carbocycles. The standard InChI is InChI=1S/C17H15Cl2NO3S/c18-13-6-2-1-5-12(13)9-20-16(21)10-23-17(22)11-24-15-8-4-3-7-14(15)19/h1-8H,9-11H2,(H,20,21). The predicted octanol–water partition coefficient (Wildman–Crippen LogP) is 3.95. The second-order valence-electron chi connectivity index (χ2n) is 4.75. The molecule has 0 bridgehead atoms. The molecule has 4 nitrogen and oxygen atoms in total. The van der Waals surface area contributed by atoms with Gasteiger partial charge in [0.2, 0.25) is 0 Å². The van der Waals surface area contributed by atoms with Crippen molar-refractivity contribution >= 4 is 46.8 Å². The third-order valence-electron chi connectivity index (χ3n) is 2.98. The van der Waals surface area contributed by atoms with E-state index >= 15 is 0 Å². The van der Waals surface area contributed by atoms with Gasteiger partial charge in [0.25, 0.3) is 5.91 Å². The van der Waals surface area contributed by atoms with Crippen LogP contribution in [0.4, 0.5) is 0 Å². The van der Waals surface area contributed by atoms with E-state index < -0.39 is 5.97 Å². The molecule has 0 aromatic heterocycles. The summed E-state index contributed by atoms with van der Waals surface area (Å²) in [6, 6.07) is 14.4. The molecule has 0 heterocycles. The molecule has 0 radical (unpaired) electrons. The number of amides is 1. The molecule has 0 aliphatic rings. The highest BCUT2D eigenvalue weighted by Crippen LogP contribution is 2.26. The van der Waals surface area contributed by atoms with Crippen LogP contribution in [0.2, 0.25) is 10.0 Å². The first-order valence-electron chi connectivity index (χ1n) is 7.09. The van der Waals surface area contributed by atoms with Crippen molar-refractivity contribution in [3.8, 4) is 0 Å². The third-order valence-corrected chi connectivity index (χ3v) is 4.84. The first-order chi connectivity index (χ1) is 11.6. The van der Waals surface area contributed by atoms with Gasteiger partial charge in [-0.2, -0.15) is 0 Å². The van der Waals surface area contributed by atoms with E-state index in [0.29, 0.717) is 10.0 Å². The maximum Gasteiger partial charge on any atom is 0.316 e. The van der Waals surface area contributed by atoms with E-state index in [-0.39, 0.29) is 24.8 Å². The summed E-state index contributed by atoms with van der Waals surface area (Å²) < 4.78 is 4.94. The first-order valence-corrected chi connectivity index (χ1v) is 8.83. The topological polar surface area (TPSA) is 55.4 Å². The van der Waals surface area contributed by atoms with E-state index in [1.54, 1.807) is 12.1 Å². The lowest BCUT2D eigenvalue weighted by molar-refractivity contribution is -0.145. The van der Waals surface area contributed by atoms with E-state index in [9.17, 15) is 9.59 Å². The number of carbonyl (C=O) groups excluding carboxylic acids is 2. The van der Waals surface area contributed by atoms with Crippen LogP contribution in [0.5, 0.6) is 0 Å². The molecule has 0 atom stereocenters. The zero-order valence-corrected chi connectivity index (χ0v) is 15.0. The van der Waals surface area contributed by atoms with Gasteiger partial charge in [-0.15, -0.1) is 11.8 Å². The molecule has 0 spiro atoms. The summed E-state index contributed by atoms with van der Waals surface area (Å²) in [5.41, 5.74) is 0.799. The van der Waals surface area contributed by atoms with E-state index in [2.05, 4.69) is 5.32 Å². The van der Waals surface area contributed by atoms with Gasteiger partial charge in [0.15, 0.2) is 6.61 Å². The van der Waals surface area contributed by atoms with Crippen LogP contribution in [0, 0.1) is 0 Å². The van der Waals surface area contributed by atoms with Crippen molar-refractivity contribution in [1.29, 1.82) is 0 Å². The Bertz CT molecular complexity index is 663. The number of benzene rings is 2. The first kappa shape index (κ1) is 18.6. The highest BCUT2D eigenvalue weighted by molar-refractivity contribution is 8.00. The largest absolute Gasteiger partial charge is 0.455 e. The number of thioether (sulfide) groups is 1. The van der Waals surface area contributed by atoms with Crippen molar-refractivity contribution in [1.82, 2.24) is 5.32 Å². The van der Waals surface area contributed by atoms with Gasteiger partial charge in [-0.3, -0.25) is 9.59 Å². The minimum atomic E-state index is -0.479. The summed E-state index contributed by atoms with van der Waals surface area (Å²) in [6.45, 7) is -0.0448. The van der Waals surface area contributed by atoms with Gasteiger partial charge in [-0.25, -0.2) is 0 Å². The third kappa shape index (κ3) is 6.07. The normalized spacial score (nSPS) is 10.2. The summed E-state index contributed by atoms with van der Waals surface area (Å²) in [7, 11) is 0. The van der Waals surface area contributed by atoms with Gasteiger partial charge >= 0.3 is 5.97 Å². The van der Waals surface area contributed by atoms with Crippen molar-refractivity contribution in [2.75, 3.05) is 12.4 Å². The molecule has 0 unspecified atom stereocenters. The van der Waals surface area contributed by atoms with Crippen LogP contribution in [0.25, 0.3) is 0 Å². The number of halogens is 2. The van der Waals surface area contributed by atoms with Crippen molar-refractivity contribution in [3.63, 3.8) is 0 Å². The van der Waals surface area contributed by atoms with Crippen molar-refractivity contribution in [2.24, 2.45) is 0 Å². The molecule has 2 aromatic rings. The van der Waals surface area contributed by atoms with E-state index in [4.69, 9.17) is 27.9 Å². The number of hydrogen-bond donors (Lipinski definition) is 1. The molecule has 0 saturated heterocycles. The number of nitrogens with one attached hydrogen (secondary N) is 1. The lowest BCUT2D eigenvalue weighted by Gasteiger charge is -2.08. The Kier molecular flexibility index (Phi) is 7.43. The van der Waals surface area contributed by atoms with Crippen LogP contribution in [0.15, 0.2) is 53.4 Å². The fraction of sp³-hybridized carbons (Fsp3) is 0.176. The maximum absolute atomic E-state index is 11.7. The van der Waals surface area contributed by atoms with Gasteiger partial charge in [0.05, 0.1) is 10.8 Å². The van der Waals surface area contributed by atoms with E-state index in [1.807, 2.05) is 36.4 Å². The van der Waals surface area contributed by atoms with E-state index in [0.717, 1.165) is 10.5 Å². The fourth-order valence-corrected chi connectivity index (χ4v) is 3.01. The Morgan fingerprint density at radius 2 is 1.67 bits per heavy atom. The Hall–Kier alpha value is -1.69. The number of hydrogen-bond acceptors (Lipinski definition) is 4. The molecule has 1 N–H and O–H groups in total. The molecule has 2 rings (SSSR count). The van der Waals surface area contributed by atoms with Gasteiger partial charge in [-0.05, 0) is 23.8 Å². The average Bonchev–Trinajstić information content (AvgIpc) is 2.58. The van der Waals surface area contributed by atoms with Gasteiger partial charge in [-0.1, -0.05) is 53.5 Å². The Labute approximate surface area is 154 Å². The summed E-state index contributed by atoms with van der Waals surface area (Å²) in [6.07, 6.45) is 0. The van der Waals surface area contributed by atoms with Crippen LogP contribution < -0.4 is 5.32 Å². The van der Waals surface area contributed by atoms with Crippen molar-refractivity contribution in [3.05, 3.63) is 64.1 Å². The zero-order valence-electron chi connectivity index (χ0n) is 12.6. The van der Waals surface area contributed by atoms with Crippen LogP contribution in [-0.4, -0.2) is 24.2 Å². The number of carbonyl (C=O) groups is 2. The smallest absolute Gasteiger partial charge is 0.316 e. The molecule has 0 fully saturated rings. The second kappa shape index (κ2) is 9.57. The van der Waals surface area contributed by atoms with Crippen molar-refractivity contribution < 1.29 is 14.3 Å². The molecule has 1 amide bonds. The molecular formula is C17H15Cl2NO3S. The molecule has 126 valence electrons. The summed E-state index contributed by atoms with van der Waals surface area (Å²) in [5.74, 6) is -0.777. The fourth-order valence-electron chi connectivity index (χ4n) is 1.77. The maximum atomic E-state index is 11.7. The van der Waals surface area contributed by atoms with Crippen LogP contribution >= 0.6 is 35.0 Å². The molecular weight excluding hydrogens is 369 g/mol. The minimum absolute atomic E-state index is 0.0848. The predicted molar refractivity (Wildman–Crippen MR) is 96.4 cm³/mol. The number of ether oxygens (including phenoxy) is 1.